The van der Waals surface area contributed by atoms with Crippen molar-refractivity contribution in [3.63, 3.8) is 0 Å². The summed E-state index contributed by atoms with van der Waals surface area (Å²) in [5.74, 6) is 1.67. The van der Waals surface area contributed by atoms with E-state index in [0.717, 1.165) is 44.5 Å². The maximum Gasteiger partial charge on any atom is 0.273 e. The molecule has 0 radical (unpaired) electrons. The van der Waals surface area contributed by atoms with Gasteiger partial charge in [0.1, 0.15) is 5.76 Å². The van der Waals surface area contributed by atoms with Crippen LogP contribution in [0.25, 0.3) is 0 Å². The molecule has 1 aromatic heterocycles. The molecule has 162 valence electrons. The monoisotopic (exact) mass is 424 g/mol. The molecule has 2 aliphatic heterocycles. The fraction of sp³-hybridized carbons (Fsp3) is 0.800. The molecule has 0 bridgehead atoms. The summed E-state index contributed by atoms with van der Waals surface area (Å²) >= 11 is 0. The summed E-state index contributed by atoms with van der Waals surface area (Å²) in [6.45, 7) is 4.43. The second kappa shape index (κ2) is 8.35. The molecule has 9 heteroatoms. The van der Waals surface area contributed by atoms with E-state index in [1.54, 1.807) is 10.4 Å². The fourth-order valence-corrected chi connectivity index (χ4v) is 6.49. The van der Waals surface area contributed by atoms with Gasteiger partial charge in [-0.15, -0.1) is 0 Å². The Labute approximate surface area is 173 Å². The van der Waals surface area contributed by atoms with Crippen molar-refractivity contribution < 1.29 is 17.7 Å². The second-order valence-electron chi connectivity index (χ2n) is 9.06. The van der Waals surface area contributed by atoms with Crippen LogP contribution in [0.5, 0.6) is 0 Å². The highest BCUT2D eigenvalue weighted by Crippen LogP contribution is 2.40. The molecule has 0 aromatic carbocycles. The van der Waals surface area contributed by atoms with E-state index >= 15 is 0 Å². The number of carbonyl (C=O) groups is 1. The molecule has 1 N–H and O–H groups in total. The number of hydrogen-bond acceptors (Lipinski definition) is 6. The number of carbonyl (C=O) groups excluding carboxylic acids is 1. The van der Waals surface area contributed by atoms with E-state index in [-0.39, 0.29) is 23.7 Å². The number of likely N-dealkylation sites (tertiary alicyclic amines) is 1. The molecule has 0 spiro atoms. The molecule has 4 rings (SSSR count). The smallest absolute Gasteiger partial charge is 0.273 e. The van der Waals surface area contributed by atoms with Gasteiger partial charge < -0.3 is 14.7 Å². The topological polar surface area (TPSA) is 95.7 Å². The average Bonchev–Trinajstić information content (AvgIpc) is 3.24. The van der Waals surface area contributed by atoms with Crippen molar-refractivity contribution in [3.8, 4) is 0 Å². The highest BCUT2D eigenvalue weighted by atomic mass is 32.2. The van der Waals surface area contributed by atoms with E-state index in [1.807, 2.05) is 6.92 Å². The Morgan fingerprint density at radius 3 is 2.72 bits per heavy atom. The number of nitrogens with zero attached hydrogens (tertiary/aromatic N) is 3. The van der Waals surface area contributed by atoms with Crippen LogP contribution in [-0.2, 0) is 10.0 Å². The number of hydrogen-bond donors (Lipinski definition) is 1. The molecule has 8 nitrogen and oxygen atoms in total. The lowest BCUT2D eigenvalue weighted by Gasteiger charge is -2.37. The summed E-state index contributed by atoms with van der Waals surface area (Å²) < 4.78 is 32.6. The highest BCUT2D eigenvalue weighted by molar-refractivity contribution is 7.89. The summed E-state index contributed by atoms with van der Waals surface area (Å²) in [6, 6.07) is 1.56. The van der Waals surface area contributed by atoms with Gasteiger partial charge in [-0.25, -0.2) is 8.42 Å². The van der Waals surface area contributed by atoms with Crippen LogP contribution in [0.2, 0.25) is 0 Å². The van der Waals surface area contributed by atoms with Crippen LogP contribution in [-0.4, -0.2) is 73.2 Å². The maximum absolute atomic E-state index is 12.9. The van der Waals surface area contributed by atoms with Gasteiger partial charge in [0.05, 0.1) is 5.75 Å². The number of aromatic nitrogens is 1. The normalized spacial score (nSPS) is 29.2. The quantitative estimate of drug-likeness (QED) is 0.717. The predicted molar refractivity (Wildman–Crippen MR) is 109 cm³/mol. The van der Waals surface area contributed by atoms with E-state index in [1.165, 1.54) is 0 Å². The van der Waals surface area contributed by atoms with Crippen LogP contribution in [0.1, 0.15) is 67.6 Å². The molecular formula is C20H32N4O4S. The average molecular weight is 425 g/mol. The van der Waals surface area contributed by atoms with E-state index in [4.69, 9.17) is 4.52 Å². The van der Waals surface area contributed by atoms with Crippen molar-refractivity contribution in [1.29, 1.82) is 0 Å². The molecule has 3 fully saturated rings. The summed E-state index contributed by atoms with van der Waals surface area (Å²) in [5.41, 5.74) is 0.316. The fourth-order valence-electron chi connectivity index (χ4n) is 4.61. The Hall–Kier alpha value is -1.45. The summed E-state index contributed by atoms with van der Waals surface area (Å²) in [6.07, 6.45) is 5.24. The molecule has 1 aliphatic carbocycles. The summed E-state index contributed by atoms with van der Waals surface area (Å²) in [5, 5.41) is 6.89. The second-order valence-corrected chi connectivity index (χ2v) is 11.1. The van der Waals surface area contributed by atoms with E-state index in [2.05, 4.69) is 22.4 Å². The maximum atomic E-state index is 12.9. The third-order valence-electron chi connectivity index (χ3n) is 6.52. The largest absolute Gasteiger partial charge is 0.360 e. The first-order valence-corrected chi connectivity index (χ1v) is 12.4. The van der Waals surface area contributed by atoms with Crippen molar-refractivity contribution in [2.75, 3.05) is 32.4 Å². The van der Waals surface area contributed by atoms with Crippen LogP contribution in [0.3, 0.4) is 0 Å². The third kappa shape index (κ3) is 5.00. The first-order valence-electron chi connectivity index (χ1n) is 10.8. The molecule has 29 heavy (non-hydrogen) atoms. The molecular weight excluding hydrogens is 392 g/mol. The molecule has 3 atom stereocenters. The SMILES string of the molecule is C[C@H]1C[C@@H](NC(=O)c2cc(C3CC3)on2)CCN1S(=O)(=O)CC[C@H]1CCN(C)C1. The Morgan fingerprint density at radius 1 is 1.28 bits per heavy atom. The lowest BCUT2D eigenvalue weighted by molar-refractivity contribution is 0.0905. The lowest BCUT2D eigenvalue weighted by Crippen LogP contribution is -2.51. The zero-order valence-electron chi connectivity index (χ0n) is 17.3. The van der Waals surface area contributed by atoms with Gasteiger partial charge in [0.25, 0.3) is 5.91 Å². The first kappa shape index (κ1) is 20.8. The third-order valence-corrected chi connectivity index (χ3v) is 8.53. The standard InChI is InChI=1S/C20H32N4O4S/c1-14-11-17(21-20(25)18-12-19(28-22-18)16-3-4-16)6-9-24(14)29(26,27)10-7-15-5-8-23(2)13-15/h12,14-17H,3-11,13H2,1-2H3,(H,21,25)/t14-,15+,17-/m0/s1. The molecule has 1 amide bonds. The van der Waals surface area contributed by atoms with Crippen LogP contribution >= 0.6 is 0 Å². The minimum Gasteiger partial charge on any atom is -0.360 e. The number of sulfonamides is 1. The number of rotatable bonds is 7. The number of amides is 1. The van der Waals surface area contributed by atoms with Crippen LogP contribution < -0.4 is 5.32 Å². The Kier molecular flexibility index (Phi) is 5.99. The zero-order valence-corrected chi connectivity index (χ0v) is 18.2. The minimum atomic E-state index is -3.27. The molecule has 0 unspecified atom stereocenters. The summed E-state index contributed by atoms with van der Waals surface area (Å²) in [7, 11) is -1.18. The van der Waals surface area contributed by atoms with Gasteiger partial charge >= 0.3 is 0 Å². The zero-order chi connectivity index (χ0) is 20.6. The lowest BCUT2D eigenvalue weighted by atomic mass is 10.0. The molecule has 2 saturated heterocycles. The van der Waals surface area contributed by atoms with Gasteiger partial charge in [-0.2, -0.15) is 4.31 Å². The van der Waals surface area contributed by atoms with Crippen molar-refractivity contribution in [1.82, 2.24) is 19.7 Å². The highest BCUT2D eigenvalue weighted by Gasteiger charge is 2.35. The van der Waals surface area contributed by atoms with Gasteiger partial charge in [-0.1, -0.05) is 5.16 Å². The molecule has 1 aromatic rings. The Balaban J connectivity index is 1.27. The molecule has 3 heterocycles. The number of nitrogens with one attached hydrogen (secondary N) is 1. The van der Waals surface area contributed by atoms with Crippen molar-refractivity contribution in [3.05, 3.63) is 17.5 Å². The van der Waals surface area contributed by atoms with Gasteiger partial charge in [0, 0.05) is 37.2 Å². The summed E-state index contributed by atoms with van der Waals surface area (Å²) in [4.78, 5) is 14.7. The minimum absolute atomic E-state index is 0.0477. The first-order chi connectivity index (χ1) is 13.8. The van der Waals surface area contributed by atoms with Crippen molar-refractivity contribution in [2.24, 2.45) is 5.92 Å². The van der Waals surface area contributed by atoms with Crippen molar-refractivity contribution in [2.45, 2.75) is 63.5 Å². The predicted octanol–water partition coefficient (Wildman–Crippen LogP) is 1.81. The van der Waals surface area contributed by atoms with Crippen LogP contribution in [0.15, 0.2) is 10.6 Å². The molecule has 1 saturated carbocycles. The van der Waals surface area contributed by atoms with Gasteiger partial charge in [-0.05, 0) is 65.0 Å². The van der Waals surface area contributed by atoms with Crippen LogP contribution in [0.4, 0.5) is 0 Å². The van der Waals surface area contributed by atoms with E-state index < -0.39 is 10.0 Å². The van der Waals surface area contributed by atoms with Gasteiger partial charge in [0.2, 0.25) is 10.0 Å². The van der Waals surface area contributed by atoms with Gasteiger partial charge in [-0.3, -0.25) is 4.79 Å². The van der Waals surface area contributed by atoms with Gasteiger partial charge in [0.15, 0.2) is 5.69 Å². The number of piperidine rings is 1. The van der Waals surface area contributed by atoms with Crippen molar-refractivity contribution >= 4 is 15.9 Å². The Morgan fingerprint density at radius 2 is 2.07 bits per heavy atom. The van der Waals surface area contributed by atoms with Crippen LogP contribution in [0, 0.1) is 5.92 Å². The Bertz CT molecular complexity index is 835. The van der Waals surface area contributed by atoms with E-state index in [9.17, 15) is 13.2 Å². The van der Waals surface area contributed by atoms with E-state index in [0.29, 0.717) is 36.9 Å². The molecule has 3 aliphatic rings.